The van der Waals surface area contributed by atoms with Crippen molar-refractivity contribution in [3.8, 4) is 17.6 Å². The zero-order chi connectivity index (χ0) is 14.8. The largest absolute Gasteiger partial charge is 0.454 e. The third-order valence-electron chi connectivity index (χ3n) is 3.01. The van der Waals surface area contributed by atoms with E-state index in [-0.39, 0.29) is 0 Å². The lowest BCUT2D eigenvalue weighted by Gasteiger charge is -2.11. The van der Waals surface area contributed by atoms with E-state index < -0.39 is 0 Å². The molecule has 2 N–H and O–H groups in total. The Morgan fingerprint density at radius 1 is 1.19 bits per heavy atom. The SMILES string of the molecule is N#Cc1cnc2ccccc2c1Oc1ccc(N)cc1Cl. The molecule has 0 spiro atoms. The quantitative estimate of drug-likeness (QED) is 0.721. The van der Waals surface area contributed by atoms with E-state index in [1.807, 2.05) is 24.3 Å². The number of nitrogen functional groups attached to an aromatic ring is 1. The Bertz CT molecular complexity index is 871. The number of fused-ring (bicyclic) bond motifs is 1. The number of anilines is 1. The zero-order valence-electron chi connectivity index (χ0n) is 10.9. The number of nitrogens with two attached hydrogens (primary N) is 1. The fraction of sp³-hybridized carbons (Fsp3) is 0. The molecule has 4 nitrogen and oxygen atoms in total. The highest BCUT2D eigenvalue weighted by molar-refractivity contribution is 6.32. The van der Waals surface area contributed by atoms with Gasteiger partial charge in [0.15, 0.2) is 5.75 Å². The van der Waals surface area contributed by atoms with E-state index in [9.17, 15) is 5.26 Å². The molecule has 1 aromatic heterocycles. The molecule has 1 heterocycles. The van der Waals surface area contributed by atoms with Gasteiger partial charge in [-0.25, -0.2) is 0 Å². The molecule has 2 aromatic carbocycles. The van der Waals surface area contributed by atoms with Crippen molar-refractivity contribution in [3.05, 3.63) is 59.2 Å². The van der Waals surface area contributed by atoms with E-state index in [4.69, 9.17) is 22.1 Å². The second kappa shape index (κ2) is 5.31. The number of benzene rings is 2. The number of nitriles is 1. The van der Waals surface area contributed by atoms with Crippen LogP contribution in [0.5, 0.6) is 11.5 Å². The molecule has 0 unspecified atom stereocenters. The second-order valence-electron chi connectivity index (χ2n) is 4.42. The van der Waals surface area contributed by atoms with Crippen molar-refractivity contribution in [2.24, 2.45) is 0 Å². The molecule has 0 amide bonds. The first-order valence-electron chi connectivity index (χ1n) is 6.20. The van der Waals surface area contributed by atoms with E-state index in [0.717, 1.165) is 10.9 Å². The highest BCUT2D eigenvalue weighted by Gasteiger charge is 2.12. The number of halogens is 1. The second-order valence-corrected chi connectivity index (χ2v) is 4.83. The van der Waals surface area contributed by atoms with Crippen LogP contribution in [0.15, 0.2) is 48.7 Å². The van der Waals surface area contributed by atoms with E-state index in [0.29, 0.717) is 27.8 Å². The Labute approximate surface area is 126 Å². The number of rotatable bonds is 2. The van der Waals surface area contributed by atoms with Gasteiger partial charge in [-0.15, -0.1) is 0 Å². The monoisotopic (exact) mass is 295 g/mol. The normalized spacial score (nSPS) is 10.3. The van der Waals surface area contributed by atoms with Gasteiger partial charge in [-0.2, -0.15) is 5.26 Å². The van der Waals surface area contributed by atoms with Gasteiger partial charge in [0.1, 0.15) is 17.4 Å². The molecule has 0 aliphatic heterocycles. The summed E-state index contributed by atoms with van der Waals surface area (Å²) in [5.41, 5.74) is 7.31. The highest BCUT2D eigenvalue weighted by atomic mass is 35.5. The molecule has 0 atom stereocenters. The van der Waals surface area contributed by atoms with Crippen molar-refractivity contribution >= 4 is 28.2 Å². The molecule has 0 aliphatic rings. The van der Waals surface area contributed by atoms with Gasteiger partial charge in [-0.05, 0) is 30.3 Å². The molecule has 5 heteroatoms. The van der Waals surface area contributed by atoms with Crippen LogP contribution in [0.3, 0.4) is 0 Å². The topological polar surface area (TPSA) is 71.9 Å². The van der Waals surface area contributed by atoms with Crippen molar-refractivity contribution < 1.29 is 4.74 Å². The fourth-order valence-electron chi connectivity index (χ4n) is 2.02. The Hall–Kier alpha value is -2.77. The van der Waals surface area contributed by atoms with Crippen molar-refractivity contribution in [1.82, 2.24) is 4.98 Å². The van der Waals surface area contributed by atoms with Crippen LogP contribution in [-0.2, 0) is 0 Å². The molecule has 0 aliphatic carbocycles. The molecule has 0 radical (unpaired) electrons. The van der Waals surface area contributed by atoms with Gasteiger partial charge in [-0.1, -0.05) is 23.7 Å². The number of hydrogen-bond donors (Lipinski definition) is 1. The molecule has 0 fully saturated rings. The van der Waals surface area contributed by atoms with Crippen LogP contribution < -0.4 is 10.5 Å². The van der Waals surface area contributed by atoms with E-state index in [1.54, 1.807) is 18.2 Å². The summed E-state index contributed by atoms with van der Waals surface area (Å²) < 4.78 is 5.85. The standard InChI is InChI=1S/C16H10ClN3O/c17-13-7-11(19)5-6-15(13)21-16-10(8-18)9-20-14-4-2-1-3-12(14)16/h1-7,9H,19H2. The van der Waals surface area contributed by atoms with Crippen molar-refractivity contribution in [2.45, 2.75) is 0 Å². The van der Waals surface area contributed by atoms with Crippen molar-refractivity contribution in [1.29, 1.82) is 5.26 Å². The molecule has 21 heavy (non-hydrogen) atoms. The predicted octanol–water partition coefficient (Wildman–Crippen LogP) is 4.13. The summed E-state index contributed by atoms with van der Waals surface area (Å²) in [6.45, 7) is 0. The molecule has 0 saturated heterocycles. The van der Waals surface area contributed by atoms with E-state index >= 15 is 0 Å². The lowest BCUT2D eigenvalue weighted by atomic mass is 10.1. The van der Waals surface area contributed by atoms with Gasteiger partial charge in [0.2, 0.25) is 0 Å². The molecule has 0 bridgehead atoms. The van der Waals surface area contributed by atoms with Gasteiger partial charge in [0.25, 0.3) is 0 Å². The Morgan fingerprint density at radius 3 is 2.76 bits per heavy atom. The molecular formula is C16H10ClN3O. The fourth-order valence-corrected chi connectivity index (χ4v) is 2.24. The zero-order valence-corrected chi connectivity index (χ0v) is 11.6. The average Bonchev–Trinajstić information content (AvgIpc) is 2.50. The first-order chi connectivity index (χ1) is 10.2. The Morgan fingerprint density at radius 2 is 2.00 bits per heavy atom. The van der Waals surface area contributed by atoms with Crippen LogP contribution in [0, 0.1) is 11.3 Å². The minimum atomic E-state index is 0.349. The molecule has 3 aromatic rings. The summed E-state index contributed by atoms with van der Waals surface area (Å²) in [5.74, 6) is 0.883. The predicted molar refractivity (Wildman–Crippen MR) is 82.4 cm³/mol. The van der Waals surface area contributed by atoms with Gasteiger partial charge in [-0.3, -0.25) is 4.98 Å². The number of ether oxygens (including phenoxy) is 1. The first kappa shape index (κ1) is 13.2. The smallest absolute Gasteiger partial charge is 0.156 e. The lowest BCUT2D eigenvalue weighted by molar-refractivity contribution is 0.486. The summed E-state index contributed by atoms with van der Waals surface area (Å²) in [5, 5.41) is 10.4. The highest BCUT2D eigenvalue weighted by Crippen LogP contribution is 2.36. The summed E-state index contributed by atoms with van der Waals surface area (Å²) in [6.07, 6.45) is 1.49. The van der Waals surface area contributed by atoms with Crippen LogP contribution in [0.2, 0.25) is 5.02 Å². The number of pyridine rings is 1. The third kappa shape index (κ3) is 2.47. The molecular weight excluding hydrogens is 286 g/mol. The summed E-state index contributed by atoms with van der Waals surface area (Å²) in [4.78, 5) is 4.24. The van der Waals surface area contributed by atoms with Gasteiger partial charge in [0, 0.05) is 17.3 Å². The van der Waals surface area contributed by atoms with Crippen molar-refractivity contribution in [2.75, 3.05) is 5.73 Å². The van der Waals surface area contributed by atoms with Crippen LogP contribution in [0.4, 0.5) is 5.69 Å². The third-order valence-corrected chi connectivity index (χ3v) is 3.31. The van der Waals surface area contributed by atoms with Crippen LogP contribution in [0.25, 0.3) is 10.9 Å². The first-order valence-corrected chi connectivity index (χ1v) is 6.57. The molecule has 3 rings (SSSR count). The number of aromatic nitrogens is 1. The maximum Gasteiger partial charge on any atom is 0.156 e. The average molecular weight is 296 g/mol. The number of hydrogen-bond acceptors (Lipinski definition) is 4. The van der Waals surface area contributed by atoms with E-state index in [1.165, 1.54) is 6.20 Å². The van der Waals surface area contributed by atoms with Gasteiger partial charge >= 0.3 is 0 Å². The summed E-state index contributed by atoms with van der Waals surface area (Å²) >= 11 is 6.12. The van der Waals surface area contributed by atoms with Crippen LogP contribution in [0.1, 0.15) is 5.56 Å². The molecule has 102 valence electrons. The summed E-state index contributed by atoms with van der Waals surface area (Å²) in [6, 6.07) is 14.5. The number of nitrogens with zero attached hydrogens (tertiary/aromatic N) is 2. The number of para-hydroxylation sites is 1. The minimum Gasteiger partial charge on any atom is -0.454 e. The van der Waals surface area contributed by atoms with Crippen LogP contribution >= 0.6 is 11.6 Å². The van der Waals surface area contributed by atoms with Gasteiger partial charge < -0.3 is 10.5 Å². The van der Waals surface area contributed by atoms with E-state index in [2.05, 4.69) is 11.1 Å². The van der Waals surface area contributed by atoms with Crippen LogP contribution in [-0.4, -0.2) is 4.98 Å². The lowest BCUT2D eigenvalue weighted by Crippen LogP contribution is -1.93. The maximum atomic E-state index is 9.25. The minimum absolute atomic E-state index is 0.349. The molecule has 0 saturated carbocycles. The summed E-state index contributed by atoms with van der Waals surface area (Å²) in [7, 11) is 0. The van der Waals surface area contributed by atoms with Gasteiger partial charge in [0.05, 0.1) is 10.5 Å². The Balaban J connectivity index is 2.17. The van der Waals surface area contributed by atoms with Crippen molar-refractivity contribution in [3.63, 3.8) is 0 Å². The maximum absolute atomic E-state index is 9.25. The Kier molecular flexibility index (Phi) is 3.35.